The number of carboxylic acid groups (broad SMARTS) is 1. The lowest BCUT2D eigenvalue weighted by molar-refractivity contribution is -0.141. The third kappa shape index (κ3) is 3.56. The van der Waals surface area contributed by atoms with E-state index in [0.717, 1.165) is 9.80 Å². The van der Waals surface area contributed by atoms with Crippen molar-refractivity contribution in [3.63, 3.8) is 0 Å². The monoisotopic (exact) mass is 361 g/mol. The van der Waals surface area contributed by atoms with Gasteiger partial charge in [0.25, 0.3) is 17.7 Å². The summed E-state index contributed by atoms with van der Waals surface area (Å²) in [6.45, 7) is 2.73. The van der Waals surface area contributed by atoms with Crippen molar-refractivity contribution >= 4 is 29.6 Å². The first kappa shape index (κ1) is 19.1. The molecule has 0 radical (unpaired) electrons. The van der Waals surface area contributed by atoms with Crippen LogP contribution in [-0.2, 0) is 9.59 Å². The molecule has 1 aromatic rings. The number of fused-ring (bicyclic) bond motifs is 1. The molecule has 9 nitrogen and oxygen atoms in total. The molecular formula is C17H19N3O6. The maximum absolute atomic E-state index is 12.8. The highest BCUT2D eigenvalue weighted by Crippen LogP contribution is 2.23. The van der Waals surface area contributed by atoms with E-state index < -0.39 is 29.7 Å². The van der Waals surface area contributed by atoms with E-state index in [1.807, 2.05) is 0 Å². The molecule has 0 bridgehead atoms. The number of nitrogens with zero attached hydrogens (tertiary/aromatic N) is 2. The Kier molecular flexibility index (Phi) is 5.39. The Balaban J connectivity index is 2.31. The first-order chi connectivity index (χ1) is 12.1. The predicted octanol–water partition coefficient (Wildman–Crippen LogP) is -0.0362. The van der Waals surface area contributed by atoms with E-state index in [2.05, 4.69) is 5.32 Å². The van der Waals surface area contributed by atoms with Crippen molar-refractivity contribution < 1.29 is 29.1 Å². The van der Waals surface area contributed by atoms with Gasteiger partial charge in [0.2, 0.25) is 5.91 Å². The SMILES string of the molecule is CC(=O)NCCN(C(=O)c1ccc2c(c1)C(=O)N(C)C2=O)C(C)C(=O)O. The summed E-state index contributed by atoms with van der Waals surface area (Å²) >= 11 is 0. The van der Waals surface area contributed by atoms with Crippen LogP contribution in [0.25, 0.3) is 0 Å². The average Bonchev–Trinajstić information content (AvgIpc) is 2.81. The van der Waals surface area contributed by atoms with Gasteiger partial charge in [0.1, 0.15) is 6.04 Å². The third-order valence-electron chi connectivity index (χ3n) is 4.15. The van der Waals surface area contributed by atoms with Crippen LogP contribution in [0, 0.1) is 0 Å². The molecule has 26 heavy (non-hydrogen) atoms. The molecule has 9 heteroatoms. The maximum Gasteiger partial charge on any atom is 0.326 e. The van der Waals surface area contributed by atoms with Crippen LogP contribution in [0.4, 0.5) is 0 Å². The first-order valence-electron chi connectivity index (χ1n) is 7.89. The Morgan fingerprint density at radius 1 is 1.19 bits per heavy atom. The number of nitrogens with one attached hydrogen (secondary N) is 1. The smallest absolute Gasteiger partial charge is 0.326 e. The zero-order valence-corrected chi connectivity index (χ0v) is 14.6. The molecule has 0 saturated heterocycles. The van der Waals surface area contributed by atoms with Crippen LogP contribution in [0.3, 0.4) is 0 Å². The van der Waals surface area contributed by atoms with Crippen LogP contribution >= 0.6 is 0 Å². The van der Waals surface area contributed by atoms with Gasteiger partial charge in [-0.2, -0.15) is 0 Å². The fourth-order valence-corrected chi connectivity index (χ4v) is 2.62. The minimum Gasteiger partial charge on any atom is -0.480 e. The Bertz CT molecular complexity index is 804. The van der Waals surface area contributed by atoms with Gasteiger partial charge in [0.05, 0.1) is 11.1 Å². The standard InChI is InChI=1S/C17H19N3O6/c1-9(17(25)26)20(7-6-18-10(2)21)14(22)11-4-5-12-13(8-11)16(24)19(3)15(12)23/h4-5,8-9H,6-7H2,1-3H3,(H,18,21)(H,25,26). The molecule has 0 aliphatic carbocycles. The second kappa shape index (κ2) is 7.34. The van der Waals surface area contributed by atoms with E-state index in [9.17, 15) is 29.1 Å². The van der Waals surface area contributed by atoms with Crippen LogP contribution in [0.5, 0.6) is 0 Å². The highest BCUT2D eigenvalue weighted by molar-refractivity contribution is 6.21. The lowest BCUT2D eigenvalue weighted by Gasteiger charge is -2.26. The highest BCUT2D eigenvalue weighted by atomic mass is 16.4. The number of carbonyl (C=O) groups excluding carboxylic acids is 4. The lowest BCUT2D eigenvalue weighted by Crippen LogP contribution is -2.46. The van der Waals surface area contributed by atoms with Crippen LogP contribution in [0.1, 0.15) is 44.9 Å². The summed E-state index contributed by atoms with van der Waals surface area (Å²) in [5.74, 6) is -3.08. The Morgan fingerprint density at radius 3 is 2.38 bits per heavy atom. The molecule has 1 aliphatic rings. The maximum atomic E-state index is 12.8. The zero-order chi connectivity index (χ0) is 19.6. The number of amides is 4. The van der Waals surface area contributed by atoms with Crippen molar-refractivity contribution in [3.05, 3.63) is 34.9 Å². The fourth-order valence-electron chi connectivity index (χ4n) is 2.62. The van der Waals surface area contributed by atoms with Crippen LogP contribution < -0.4 is 5.32 Å². The van der Waals surface area contributed by atoms with E-state index in [-0.39, 0.29) is 35.7 Å². The zero-order valence-electron chi connectivity index (χ0n) is 14.6. The van der Waals surface area contributed by atoms with Crippen LogP contribution in [0.15, 0.2) is 18.2 Å². The lowest BCUT2D eigenvalue weighted by atomic mass is 10.0. The molecule has 2 N–H and O–H groups in total. The summed E-state index contributed by atoms with van der Waals surface area (Å²) in [5.41, 5.74) is 0.398. The molecule has 138 valence electrons. The van der Waals surface area contributed by atoms with E-state index in [0.29, 0.717) is 0 Å². The van der Waals surface area contributed by atoms with E-state index in [4.69, 9.17) is 0 Å². The van der Waals surface area contributed by atoms with Gasteiger partial charge in [0, 0.05) is 32.6 Å². The minimum atomic E-state index is -1.20. The number of carboxylic acids is 1. The topological polar surface area (TPSA) is 124 Å². The Hall–Kier alpha value is -3.23. The number of rotatable bonds is 6. The summed E-state index contributed by atoms with van der Waals surface area (Å²) in [7, 11) is 1.35. The quantitative estimate of drug-likeness (QED) is 0.686. The van der Waals surface area contributed by atoms with Gasteiger partial charge in [-0.1, -0.05) is 0 Å². The molecule has 0 aromatic heterocycles. The predicted molar refractivity (Wildman–Crippen MR) is 89.7 cm³/mol. The summed E-state index contributed by atoms with van der Waals surface area (Å²) < 4.78 is 0. The second-order valence-corrected chi connectivity index (χ2v) is 5.93. The second-order valence-electron chi connectivity index (χ2n) is 5.93. The van der Waals surface area contributed by atoms with Crippen LogP contribution in [0.2, 0.25) is 0 Å². The van der Waals surface area contributed by atoms with Crippen molar-refractivity contribution in [3.8, 4) is 0 Å². The largest absolute Gasteiger partial charge is 0.480 e. The molecule has 0 fully saturated rings. The number of hydrogen-bond acceptors (Lipinski definition) is 5. The Morgan fingerprint density at radius 2 is 1.81 bits per heavy atom. The number of hydrogen-bond donors (Lipinski definition) is 2. The van der Waals surface area contributed by atoms with Crippen LogP contribution in [-0.4, -0.2) is 70.7 Å². The van der Waals surface area contributed by atoms with Gasteiger partial charge in [-0.25, -0.2) is 4.79 Å². The van der Waals surface area contributed by atoms with E-state index in [1.54, 1.807) is 0 Å². The molecular weight excluding hydrogens is 342 g/mol. The number of benzene rings is 1. The Labute approximate surface area is 149 Å². The van der Waals surface area contributed by atoms with E-state index in [1.165, 1.54) is 39.1 Å². The highest BCUT2D eigenvalue weighted by Gasteiger charge is 2.34. The number of aliphatic carboxylic acids is 1. The van der Waals surface area contributed by atoms with Crippen molar-refractivity contribution in [2.45, 2.75) is 19.9 Å². The normalized spacial score (nSPS) is 14.0. The summed E-state index contributed by atoms with van der Waals surface area (Å²) in [6, 6.07) is 2.92. The number of carbonyl (C=O) groups is 5. The first-order valence-corrected chi connectivity index (χ1v) is 7.89. The van der Waals surface area contributed by atoms with Gasteiger partial charge >= 0.3 is 5.97 Å². The number of imide groups is 1. The fraction of sp³-hybridized carbons (Fsp3) is 0.353. The van der Waals surface area contributed by atoms with Crippen molar-refractivity contribution in [1.29, 1.82) is 0 Å². The van der Waals surface area contributed by atoms with E-state index >= 15 is 0 Å². The van der Waals surface area contributed by atoms with Gasteiger partial charge in [0.15, 0.2) is 0 Å². The van der Waals surface area contributed by atoms with Crippen molar-refractivity contribution in [2.24, 2.45) is 0 Å². The molecule has 1 aromatic carbocycles. The average molecular weight is 361 g/mol. The third-order valence-corrected chi connectivity index (χ3v) is 4.15. The molecule has 2 rings (SSSR count). The molecule has 1 aliphatic heterocycles. The summed E-state index contributed by atoms with van der Waals surface area (Å²) in [5, 5.41) is 11.7. The summed E-state index contributed by atoms with van der Waals surface area (Å²) in [4.78, 5) is 61.1. The molecule has 1 unspecified atom stereocenters. The molecule has 0 saturated carbocycles. The van der Waals surface area contributed by atoms with Gasteiger partial charge in [-0.15, -0.1) is 0 Å². The van der Waals surface area contributed by atoms with Crippen molar-refractivity contribution in [1.82, 2.24) is 15.1 Å². The van der Waals surface area contributed by atoms with Crippen molar-refractivity contribution in [2.75, 3.05) is 20.1 Å². The summed E-state index contributed by atoms with van der Waals surface area (Å²) in [6.07, 6.45) is 0. The minimum absolute atomic E-state index is 0.0181. The molecule has 1 heterocycles. The van der Waals surface area contributed by atoms with Gasteiger partial charge in [-0.05, 0) is 25.1 Å². The van der Waals surface area contributed by atoms with Gasteiger partial charge < -0.3 is 15.3 Å². The molecule has 1 atom stereocenters. The molecule has 4 amide bonds. The molecule has 0 spiro atoms. The van der Waals surface area contributed by atoms with Gasteiger partial charge in [-0.3, -0.25) is 24.1 Å².